The van der Waals surface area contributed by atoms with Crippen LogP contribution in [-0.2, 0) is 10.9 Å². The van der Waals surface area contributed by atoms with E-state index in [1.54, 1.807) is 6.07 Å². The molecule has 2 N–H and O–H groups in total. The molecule has 9 heteroatoms. The maximum atomic E-state index is 12.9. The first-order valence-electron chi connectivity index (χ1n) is 10.3. The van der Waals surface area contributed by atoms with Gasteiger partial charge in [0.2, 0.25) is 0 Å². The van der Waals surface area contributed by atoms with Gasteiger partial charge in [-0.1, -0.05) is 18.9 Å². The molecule has 2 amide bonds. The fourth-order valence-electron chi connectivity index (χ4n) is 5.56. The highest BCUT2D eigenvalue weighted by atomic mass is 19.4. The van der Waals surface area contributed by atoms with Crippen molar-refractivity contribution < 1.29 is 22.7 Å². The molecule has 0 bridgehead atoms. The van der Waals surface area contributed by atoms with Crippen LogP contribution in [0.5, 0.6) is 0 Å². The van der Waals surface area contributed by atoms with Crippen LogP contribution >= 0.6 is 0 Å². The Kier molecular flexibility index (Phi) is 4.53. The second kappa shape index (κ2) is 7.01. The number of hydrogen-bond donors (Lipinski definition) is 2. The number of fused-ring (bicyclic) bond motifs is 2. The Hall–Kier alpha value is -2.55. The van der Waals surface area contributed by atoms with Crippen molar-refractivity contribution in [2.75, 3.05) is 11.9 Å². The van der Waals surface area contributed by atoms with Gasteiger partial charge < -0.3 is 10.1 Å². The van der Waals surface area contributed by atoms with E-state index in [2.05, 4.69) is 15.7 Å². The van der Waals surface area contributed by atoms with Crippen molar-refractivity contribution in [3.05, 3.63) is 42.1 Å². The number of urea groups is 1. The van der Waals surface area contributed by atoms with Crippen molar-refractivity contribution in [2.24, 2.45) is 11.3 Å². The largest absolute Gasteiger partial charge is 0.416 e. The summed E-state index contributed by atoms with van der Waals surface area (Å²) in [5.41, 5.74) is -0.424. The molecule has 1 spiro atoms. The summed E-state index contributed by atoms with van der Waals surface area (Å²) in [6.07, 6.45) is 2.78. The summed E-state index contributed by atoms with van der Waals surface area (Å²) < 4.78 is 46.1. The van der Waals surface area contributed by atoms with Crippen molar-refractivity contribution in [1.82, 2.24) is 15.1 Å². The molecule has 3 fully saturated rings. The quantitative estimate of drug-likeness (QED) is 0.775. The van der Waals surface area contributed by atoms with E-state index in [1.165, 1.54) is 23.0 Å². The standard InChI is InChI=1S/C21H23F3N4O2/c22-21(23,24)13-4-3-5-14(12-13)28-10-6-16(27-28)25-19(29)26-17-15-7-11-30-18(15)20(17)8-1-2-9-20/h3-6,10,12,15,17-18H,1-2,7-9,11H2,(H2,25,26,27,29). The minimum absolute atomic E-state index is 0.0515. The zero-order valence-electron chi connectivity index (χ0n) is 16.3. The molecule has 160 valence electrons. The molecule has 5 rings (SSSR count). The zero-order valence-corrected chi connectivity index (χ0v) is 16.3. The van der Waals surface area contributed by atoms with Crippen LogP contribution in [0.4, 0.5) is 23.8 Å². The van der Waals surface area contributed by atoms with Gasteiger partial charge in [-0.15, -0.1) is 5.10 Å². The van der Waals surface area contributed by atoms with E-state index in [9.17, 15) is 18.0 Å². The highest BCUT2D eigenvalue weighted by molar-refractivity contribution is 5.88. The molecule has 2 heterocycles. The maximum absolute atomic E-state index is 12.9. The molecule has 2 aromatic rings. The molecule has 30 heavy (non-hydrogen) atoms. The minimum atomic E-state index is -4.43. The van der Waals surface area contributed by atoms with E-state index in [4.69, 9.17) is 4.74 Å². The van der Waals surface area contributed by atoms with Gasteiger partial charge >= 0.3 is 12.2 Å². The lowest BCUT2D eigenvalue weighted by atomic mass is 9.54. The van der Waals surface area contributed by atoms with Crippen molar-refractivity contribution in [1.29, 1.82) is 0 Å². The topological polar surface area (TPSA) is 68.2 Å². The van der Waals surface area contributed by atoms with Gasteiger partial charge in [0.1, 0.15) is 0 Å². The van der Waals surface area contributed by atoms with E-state index in [0.29, 0.717) is 5.92 Å². The number of nitrogens with one attached hydrogen (secondary N) is 2. The van der Waals surface area contributed by atoms with Crippen LogP contribution in [0.25, 0.3) is 5.69 Å². The van der Waals surface area contributed by atoms with Gasteiger partial charge in [0.15, 0.2) is 5.82 Å². The average molecular weight is 420 g/mol. The highest BCUT2D eigenvalue weighted by Crippen LogP contribution is 2.60. The average Bonchev–Trinajstić information content (AvgIpc) is 3.45. The van der Waals surface area contributed by atoms with Crippen molar-refractivity contribution in [2.45, 2.75) is 50.4 Å². The molecule has 2 aliphatic carbocycles. The van der Waals surface area contributed by atoms with Crippen LogP contribution in [-0.4, -0.2) is 34.6 Å². The fraction of sp³-hybridized carbons (Fsp3) is 0.524. The molecule has 6 nitrogen and oxygen atoms in total. The van der Waals surface area contributed by atoms with Gasteiger partial charge in [-0.2, -0.15) is 13.2 Å². The molecule has 3 atom stereocenters. The van der Waals surface area contributed by atoms with Crippen LogP contribution < -0.4 is 10.6 Å². The lowest BCUT2D eigenvalue weighted by Crippen LogP contribution is -2.68. The first-order valence-corrected chi connectivity index (χ1v) is 10.3. The Balaban J connectivity index is 1.26. The molecule has 1 aromatic carbocycles. The first-order chi connectivity index (χ1) is 14.4. The van der Waals surface area contributed by atoms with E-state index < -0.39 is 11.7 Å². The number of aromatic nitrogens is 2. The number of rotatable bonds is 3. The number of ether oxygens (including phenoxy) is 1. The maximum Gasteiger partial charge on any atom is 0.416 e. The molecule has 1 saturated heterocycles. The van der Waals surface area contributed by atoms with Crippen molar-refractivity contribution >= 4 is 11.8 Å². The molecular formula is C21H23F3N4O2. The van der Waals surface area contributed by atoms with Gasteiger partial charge in [0.05, 0.1) is 17.4 Å². The Labute approximate surface area is 171 Å². The van der Waals surface area contributed by atoms with E-state index in [0.717, 1.165) is 50.8 Å². The second-order valence-electron chi connectivity index (χ2n) is 8.45. The molecule has 1 aromatic heterocycles. The Morgan fingerprint density at radius 2 is 2.03 bits per heavy atom. The van der Waals surface area contributed by atoms with Gasteiger partial charge in [-0.05, 0) is 37.5 Å². The zero-order chi connectivity index (χ0) is 20.9. The molecule has 0 radical (unpaired) electrons. The number of carbonyl (C=O) groups excluding carboxylic acids is 1. The SMILES string of the molecule is O=C(Nc1ccn(-c2cccc(C(F)(F)F)c2)n1)NC1C2CCOC2C12CCCC2. The van der Waals surface area contributed by atoms with E-state index in [1.807, 2.05) is 0 Å². The van der Waals surface area contributed by atoms with Gasteiger partial charge in [0.25, 0.3) is 0 Å². The Bertz CT molecular complexity index is 952. The van der Waals surface area contributed by atoms with Gasteiger partial charge in [-0.3, -0.25) is 5.32 Å². The number of carbonyl (C=O) groups is 1. The third-order valence-corrected chi connectivity index (χ3v) is 6.84. The summed E-state index contributed by atoms with van der Waals surface area (Å²) in [6.45, 7) is 0.748. The monoisotopic (exact) mass is 420 g/mol. The number of anilines is 1. The smallest absolute Gasteiger partial charge is 0.377 e. The summed E-state index contributed by atoms with van der Waals surface area (Å²) in [5.74, 6) is 0.639. The van der Waals surface area contributed by atoms with Crippen molar-refractivity contribution in [3.63, 3.8) is 0 Å². The van der Waals surface area contributed by atoms with Crippen LogP contribution in [0.15, 0.2) is 36.5 Å². The fourth-order valence-corrected chi connectivity index (χ4v) is 5.56. The third kappa shape index (κ3) is 3.15. The lowest BCUT2D eigenvalue weighted by Gasteiger charge is -2.56. The predicted octanol–water partition coefficient (Wildman–Crippen LogP) is 4.36. The van der Waals surface area contributed by atoms with Crippen molar-refractivity contribution in [3.8, 4) is 5.69 Å². The number of alkyl halides is 3. The number of nitrogens with zero attached hydrogens (tertiary/aromatic N) is 2. The minimum Gasteiger partial charge on any atom is -0.377 e. The summed E-state index contributed by atoms with van der Waals surface area (Å²) >= 11 is 0. The summed E-state index contributed by atoms with van der Waals surface area (Å²) in [5, 5.41) is 10.0. The third-order valence-electron chi connectivity index (χ3n) is 6.84. The number of benzene rings is 1. The van der Waals surface area contributed by atoms with Crippen LogP contribution in [0.2, 0.25) is 0 Å². The Morgan fingerprint density at radius 3 is 2.80 bits per heavy atom. The summed E-state index contributed by atoms with van der Waals surface area (Å²) in [6, 6.07) is 6.21. The number of amides is 2. The molecule has 1 aliphatic heterocycles. The first kappa shape index (κ1) is 19.4. The van der Waals surface area contributed by atoms with Gasteiger partial charge in [0, 0.05) is 36.2 Å². The molecule has 2 saturated carbocycles. The lowest BCUT2D eigenvalue weighted by molar-refractivity contribution is -0.137. The molecular weight excluding hydrogens is 397 g/mol. The normalized spacial score (nSPS) is 27.0. The number of halogens is 3. The van der Waals surface area contributed by atoms with Crippen LogP contribution in [0.3, 0.4) is 0 Å². The summed E-state index contributed by atoms with van der Waals surface area (Å²) in [7, 11) is 0. The van der Waals surface area contributed by atoms with Crippen LogP contribution in [0, 0.1) is 11.3 Å². The molecule has 3 unspecified atom stereocenters. The molecule has 3 aliphatic rings. The predicted molar refractivity (Wildman–Crippen MR) is 103 cm³/mol. The Morgan fingerprint density at radius 1 is 1.23 bits per heavy atom. The highest BCUT2D eigenvalue weighted by Gasteiger charge is 2.65. The van der Waals surface area contributed by atoms with E-state index in [-0.39, 0.29) is 35.1 Å². The second-order valence-corrected chi connectivity index (χ2v) is 8.45. The van der Waals surface area contributed by atoms with E-state index >= 15 is 0 Å². The number of hydrogen-bond acceptors (Lipinski definition) is 3. The summed E-state index contributed by atoms with van der Waals surface area (Å²) in [4.78, 5) is 12.6. The van der Waals surface area contributed by atoms with Crippen LogP contribution in [0.1, 0.15) is 37.7 Å². The van der Waals surface area contributed by atoms with Gasteiger partial charge in [-0.25, -0.2) is 9.48 Å².